The highest BCUT2D eigenvalue weighted by molar-refractivity contribution is 9.10. The Bertz CT molecular complexity index is 355. The molecule has 0 amide bonds. The first-order chi connectivity index (χ1) is 8.13. The second-order valence-electron chi connectivity index (χ2n) is 3.59. The molecule has 0 spiro atoms. The number of aromatic nitrogens is 1. The van der Waals surface area contributed by atoms with E-state index < -0.39 is 0 Å². The van der Waals surface area contributed by atoms with Gasteiger partial charge in [-0.2, -0.15) is 0 Å². The molecule has 0 saturated carbocycles. The molecule has 6 heteroatoms. The first-order valence-corrected chi connectivity index (χ1v) is 6.11. The Labute approximate surface area is 110 Å². The van der Waals surface area contributed by atoms with Gasteiger partial charge in [-0.25, -0.2) is 4.98 Å². The van der Waals surface area contributed by atoms with Gasteiger partial charge in [-0.15, -0.1) is 0 Å². The Morgan fingerprint density at radius 1 is 1.53 bits per heavy atom. The first kappa shape index (κ1) is 13.9. The Hall–Kier alpha value is -1.14. The predicted octanol–water partition coefficient (Wildman–Crippen LogP) is 1.62. The van der Waals surface area contributed by atoms with Crippen LogP contribution in [-0.2, 0) is 4.74 Å². The minimum atomic E-state index is 0.185. The van der Waals surface area contributed by atoms with Crippen molar-refractivity contribution in [2.75, 3.05) is 31.7 Å². The molecule has 3 N–H and O–H groups in total. The van der Waals surface area contributed by atoms with E-state index in [4.69, 9.17) is 15.9 Å². The normalized spacial score (nSPS) is 10.2. The second kappa shape index (κ2) is 7.24. The summed E-state index contributed by atoms with van der Waals surface area (Å²) < 4.78 is 6.00. The van der Waals surface area contributed by atoms with Gasteiger partial charge in [0, 0.05) is 37.3 Å². The molecule has 0 saturated heterocycles. The highest BCUT2D eigenvalue weighted by atomic mass is 79.9. The van der Waals surface area contributed by atoms with Gasteiger partial charge < -0.3 is 15.4 Å². The Morgan fingerprint density at radius 2 is 2.29 bits per heavy atom. The number of anilines is 1. The average molecular weight is 301 g/mol. The van der Waals surface area contributed by atoms with E-state index in [9.17, 15) is 0 Å². The lowest BCUT2D eigenvalue weighted by molar-refractivity contribution is 0.205. The SMILES string of the molecule is COCCN(CCC(=N)N)c1ccc(Br)cn1. The van der Waals surface area contributed by atoms with Crippen LogP contribution in [0.4, 0.5) is 5.82 Å². The highest BCUT2D eigenvalue weighted by Gasteiger charge is 2.07. The number of hydrogen-bond donors (Lipinski definition) is 2. The number of hydrogen-bond acceptors (Lipinski definition) is 4. The molecule has 1 heterocycles. The molecule has 1 aromatic rings. The number of pyridine rings is 1. The number of amidine groups is 1. The molecule has 0 atom stereocenters. The quantitative estimate of drug-likeness (QED) is 0.593. The zero-order valence-electron chi connectivity index (χ0n) is 9.82. The maximum atomic E-state index is 7.25. The molecule has 0 aliphatic carbocycles. The lowest BCUT2D eigenvalue weighted by Crippen LogP contribution is -2.31. The van der Waals surface area contributed by atoms with Gasteiger partial charge in [0.2, 0.25) is 0 Å². The van der Waals surface area contributed by atoms with E-state index in [2.05, 4.69) is 25.8 Å². The van der Waals surface area contributed by atoms with E-state index in [1.54, 1.807) is 13.3 Å². The van der Waals surface area contributed by atoms with Gasteiger partial charge in [-0.3, -0.25) is 5.41 Å². The molecule has 0 fully saturated rings. The van der Waals surface area contributed by atoms with E-state index in [1.807, 2.05) is 12.1 Å². The van der Waals surface area contributed by atoms with Gasteiger partial charge in [-0.05, 0) is 28.1 Å². The summed E-state index contributed by atoms with van der Waals surface area (Å²) in [7, 11) is 1.66. The van der Waals surface area contributed by atoms with Crippen LogP contribution in [0, 0.1) is 5.41 Å². The monoisotopic (exact) mass is 300 g/mol. The van der Waals surface area contributed by atoms with Gasteiger partial charge in [0.25, 0.3) is 0 Å². The third kappa shape index (κ3) is 5.14. The van der Waals surface area contributed by atoms with Crippen LogP contribution in [0.2, 0.25) is 0 Å². The van der Waals surface area contributed by atoms with Crippen LogP contribution in [0.3, 0.4) is 0 Å². The van der Waals surface area contributed by atoms with Crippen molar-refractivity contribution in [1.82, 2.24) is 4.98 Å². The van der Waals surface area contributed by atoms with Crippen molar-refractivity contribution in [2.45, 2.75) is 6.42 Å². The van der Waals surface area contributed by atoms with E-state index in [0.29, 0.717) is 19.6 Å². The molecular weight excluding hydrogens is 284 g/mol. The number of ether oxygens (including phenoxy) is 1. The van der Waals surface area contributed by atoms with Crippen LogP contribution in [0.15, 0.2) is 22.8 Å². The van der Waals surface area contributed by atoms with Crippen LogP contribution in [0.1, 0.15) is 6.42 Å². The Morgan fingerprint density at radius 3 is 2.82 bits per heavy atom. The molecule has 5 nitrogen and oxygen atoms in total. The molecule has 0 aromatic carbocycles. The molecule has 0 bridgehead atoms. The molecule has 0 aliphatic rings. The second-order valence-corrected chi connectivity index (χ2v) is 4.51. The Kier molecular flexibility index (Phi) is 5.93. The van der Waals surface area contributed by atoms with Crippen LogP contribution >= 0.6 is 15.9 Å². The van der Waals surface area contributed by atoms with Crippen LogP contribution in [0.5, 0.6) is 0 Å². The van der Waals surface area contributed by atoms with E-state index in [-0.39, 0.29) is 5.84 Å². The average Bonchev–Trinajstić information content (AvgIpc) is 2.30. The highest BCUT2D eigenvalue weighted by Crippen LogP contribution is 2.14. The van der Waals surface area contributed by atoms with Crippen molar-refractivity contribution in [2.24, 2.45) is 5.73 Å². The largest absolute Gasteiger partial charge is 0.388 e. The molecule has 94 valence electrons. The zero-order chi connectivity index (χ0) is 12.7. The summed E-state index contributed by atoms with van der Waals surface area (Å²) in [5, 5.41) is 7.25. The van der Waals surface area contributed by atoms with Crippen molar-refractivity contribution >= 4 is 27.6 Å². The maximum absolute atomic E-state index is 7.25. The summed E-state index contributed by atoms with van der Waals surface area (Å²) in [4.78, 5) is 6.37. The fourth-order valence-electron chi connectivity index (χ4n) is 1.35. The molecule has 0 aliphatic heterocycles. The lowest BCUT2D eigenvalue weighted by Gasteiger charge is -2.23. The molecule has 17 heavy (non-hydrogen) atoms. The topological polar surface area (TPSA) is 75.2 Å². The van der Waals surface area contributed by atoms with E-state index >= 15 is 0 Å². The standard InChI is InChI=1S/C11H17BrN4O/c1-17-7-6-16(5-4-10(13)14)11-3-2-9(12)8-15-11/h2-3,8H,4-7H2,1H3,(H3,13,14). The van der Waals surface area contributed by atoms with Crippen molar-refractivity contribution in [1.29, 1.82) is 5.41 Å². The molecule has 0 unspecified atom stereocenters. The van der Waals surface area contributed by atoms with Gasteiger partial charge in [0.1, 0.15) is 5.82 Å². The van der Waals surface area contributed by atoms with Crippen molar-refractivity contribution in [3.63, 3.8) is 0 Å². The number of nitrogens with zero attached hydrogens (tertiary/aromatic N) is 2. The minimum absolute atomic E-state index is 0.185. The zero-order valence-corrected chi connectivity index (χ0v) is 11.4. The van der Waals surface area contributed by atoms with Gasteiger partial charge in [-0.1, -0.05) is 0 Å². The lowest BCUT2D eigenvalue weighted by atomic mass is 10.3. The van der Waals surface area contributed by atoms with Crippen molar-refractivity contribution in [3.8, 4) is 0 Å². The van der Waals surface area contributed by atoms with E-state index in [0.717, 1.165) is 16.8 Å². The van der Waals surface area contributed by atoms with Crippen molar-refractivity contribution in [3.05, 3.63) is 22.8 Å². The summed E-state index contributed by atoms with van der Waals surface area (Å²) in [6, 6.07) is 3.87. The maximum Gasteiger partial charge on any atom is 0.128 e. The van der Waals surface area contributed by atoms with E-state index in [1.165, 1.54) is 0 Å². The summed E-state index contributed by atoms with van der Waals surface area (Å²) in [5.74, 6) is 1.05. The fourth-order valence-corrected chi connectivity index (χ4v) is 1.59. The minimum Gasteiger partial charge on any atom is -0.388 e. The number of methoxy groups -OCH3 is 1. The first-order valence-electron chi connectivity index (χ1n) is 5.32. The molecule has 1 aromatic heterocycles. The van der Waals surface area contributed by atoms with Gasteiger partial charge >= 0.3 is 0 Å². The molecule has 1 rings (SSSR count). The van der Waals surface area contributed by atoms with Gasteiger partial charge in [0.05, 0.1) is 12.4 Å². The number of nitrogens with one attached hydrogen (secondary N) is 1. The number of rotatable bonds is 7. The summed E-state index contributed by atoms with van der Waals surface area (Å²) in [6.07, 6.45) is 2.28. The van der Waals surface area contributed by atoms with Crippen LogP contribution in [0.25, 0.3) is 0 Å². The molecule has 0 radical (unpaired) electrons. The smallest absolute Gasteiger partial charge is 0.128 e. The van der Waals surface area contributed by atoms with Gasteiger partial charge in [0.15, 0.2) is 0 Å². The summed E-state index contributed by atoms with van der Waals surface area (Å²) in [5.41, 5.74) is 5.37. The Balaban J connectivity index is 2.67. The fraction of sp³-hybridized carbons (Fsp3) is 0.455. The van der Waals surface area contributed by atoms with Crippen LogP contribution in [-0.4, -0.2) is 37.6 Å². The predicted molar refractivity (Wildman–Crippen MR) is 72.6 cm³/mol. The number of halogens is 1. The van der Waals surface area contributed by atoms with Crippen LogP contribution < -0.4 is 10.6 Å². The van der Waals surface area contributed by atoms with Crippen molar-refractivity contribution < 1.29 is 4.74 Å². The summed E-state index contributed by atoms with van der Waals surface area (Å²) >= 11 is 3.35. The third-order valence-electron chi connectivity index (χ3n) is 2.25. The number of nitrogens with two attached hydrogens (primary N) is 1. The molecular formula is C11H17BrN4O. The summed E-state index contributed by atoms with van der Waals surface area (Å²) in [6.45, 7) is 2.03. The third-order valence-corrected chi connectivity index (χ3v) is 2.72.